The van der Waals surface area contributed by atoms with Crippen molar-refractivity contribution in [2.75, 3.05) is 35.2 Å². The lowest BCUT2D eigenvalue weighted by atomic mass is 10.3. The maximum Gasteiger partial charge on any atom is 0.152 e. The molecule has 2 N–H and O–H groups in total. The Morgan fingerprint density at radius 2 is 2.06 bits per heavy atom. The van der Waals surface area contributed by atoms with Gasteiger partial charge >= 0.3 is 0 Å². The van der Waals surface area contributed by atoms with Crippen LogP contribution in [0.3, 0.4) is 0 Å². The third-order valence-corrected chi connectivity index (χ3v) is 5.03. The first-order valence-electron chi connectivity index (χ1n) is 6.21. The highest BCUT2D eigenvalue weighted by atomic mass is 32.2. The molecule has 6 nitrogen and oxygen atoms in total. The van der Waals surface area contributed by atoms with Gasteiger partial charge in [0, 0.05) is 20.1 Å². The number of sulfone groups is 1. The van der Waals surface area contributed by atoms with E-state index in [2.05, 4.69) is 5.10 Å². The Hall–Kier alpha value is -1.24. The minimum absolute atomic E-state index is 0.194. The zero-order valence-corrected chi connectivity index (χ0v) is 11.7. The average Bonchev–Trinajstić information content (AvgIpc) is 2.47. The summed E-state index contributed by atoms with van der Waals surface area (Å²) in [5.74, 6) is 1.31. The molecule has 2 heterocycles. The highest BCUT2D eigenvalue weighted by molar-refractivity contribution is 7.91. The van der Waals surface area contributed by atoms with E-state index in [0.29, 0.717) is 25.2 Å². The Bertz CT molecular complexity index is 535. The first kappa shape index (κ1) is 13.2. The molecule has 0 atom stereocenters. The minimum Gasteiger partial charge on any atom is -0.394 e. The van der Waals surface area contributed by atoms with Gasteiger partial charge in [-0.25, -0.2) is 8.42 Å². The van der Waals surface area contributed by atoms with Crippen LogP contribution in [0.1, 0.15) is 19.0 Å². The lowest BCUT2D eigenvalue weighted by Crippen LogP contribution is -2.29. The van der Waals surface area contributed by atoms with Crippen molar-refractivity contribution in [1.29, 1.82) is 0 Å². The largest absolute Gasteiger partial charge is 0.394 e. The van der Waals surface area contributed by atoms with Crippen molar-refractivity contribution in [2.24, 2.45) is 7.05 Å². The SMILES string of the molecule is CCc1nn(C)c(N2CCCS(=O)(=O)CC2)c1N. The lowest BCUT2D eigenvalue weighted by Gasteiger charge is -2.22. The van der Waals surface area contributed by atoms with E-state index < -0.39 is 9.84 Å². The van der Waals surface area contributed by atoms with Crippen molar-refractivity contribution >= 4 is 21.3 Å². The molecular formula is C11H20N4O2S. The van der Waals surface area contributed by atoms with Crippen LogP contribution in [0.25, 0.3) is 0 Å². The van der Waals surface area contributed by atoms with Crippen LogP contribution in [0.4, 0.5) is 11.5 Å². The fourth-order valence-electron chi connectivity index (χ4n) is 2.37. The molecule has 1 saturated heterocycles. The molecule has 0 amide bonds. The topological polar surface area (TPSA) is 81.2 Å². The second kappa shape index (κ2) is 4.79. The third-order valence-electron chi connectivity index (χ3n) is 3.32. The fourth-order valence-corrected chi connectivity index (χ4v) is 3.64. The van der Waals surface area contributed by atoms with Gasteiger partial charge < -0.3 is 10.6 Å². The Balaban J connectivity index is 2.29. The number of nitrogens with zero attached hydrogens (tertiary/aromatic N) is 3. The van der Waals surface area contributed by atoms with Gasteiger partial charge in [-0.15, -0.1) is 0 Å². The number of rotatable bonds is 2. The molecule has 0 bridgehead atoms. The number of aromatic nitrogens is 2. The van der Waals surface area contributed by atoms with Crippen LogP contribution in [0.2, 0.25) is 0 Å². The van der Waals surface area contributed by atoms with E-state index in [1.165, 1.54) is 0 Å². The molecule has 1 aromatic heterocycles. The van der Waals surface area contributed by atoms with Gasteiger partial charge in [-0.1, -0.05) is 6.92 Å². The standard InChI is InChI=1S/C11H20N4O2S/c1-3-9-10(12)11(14(2)13-9)15-5-4-7-18(16,17)8-6-15/h3-8,12H2,1-2H3. The summed E-state index contributed by atoms with van der Waals surface area (Å²) in [7, 11) is -1.05. The van der Waals surface area contributed by atoms with Crippen molar-refractivity contribution in [2.45, 2.75) is 19.8 Å². The summed E-state index contributed by atoms with van der Waals surface area (Å²) in [6.45, 7) is 3.22. The maximum absolute atomic E-state index is 11.6. The van der Waals surface area contributed by atoms with Gasteiger partial charge in [0.2, 0.25) is 0 Å². The Morgan fingerprint density at radius 1 is 1.33 bits per heavy atom. The Kier molecular flexibility index (Phi) is 3.52. The molecule has 0 saturated carbocycles. The number of hydrogen-bond donors (Lipinski definition) is 1. The molecular weight excluding hydrogens is 252 g/mol. The van der Waals surface area contributed by atoms with Gasteiger partial charge in [-0.05, 0) is 12.8 Å². The molecule has 1 aromatic rings. The van der Waals surface area contributed by atoms with Crippen molar-refractivity contribution < 1.29 is 8.42 Å². The Morgan fingerprint density at radius 3 is 2.67 bits per heavy atom. The van der Waals surface area contributed by atoms with Gasteiger partial charge in [0.1, 0.15) is 5.82 Å². The van der Waals surface area contributed by atoms with E-state index in [-0.39, 0.29) is 11.5 Å². The molecule has 102 valence electrons. The fraction of sp³-hybridized carbons (Fsp3) is 0.727. The summed E-state index contributed by atoms with van der Waals surface area (Å²) in [6.07, 6.45) is 1.43. The molecule has 0 unspecified atom stereocenters. The quantitative estimate of drug-likeness (QED) is 0.831. The lowest BCUT2D eigenvalue weighted by molar-refractivity contribution is 0.597. The molecule has 0 aromatic carbocycles. The molecule has 0 aliphatic carbocycles. The third kappa shape index (κ3) is 2.45. The predicted octanol–water partition coefficient (Wildman–Crippen LogP) is 0.190. The first-order chi connectivity index (χ1) is 8.44. The van der Waals surface area contributed by atoms with Crippen molar-refractivity contribution in [3.8, 4) is 0 Å². The van der Waals surface area contributed by atoms with E-state index in [1.807, 2.05) is 18.9 Å². The number of nitrogen functional groups attached to an aromatic ring is 1. The Labute approximate surface area is 108 Å². The normalized spacial score (nSPS) is 19.8. The van der Waals surface area contributed by atoms with Gasteiger partial charge in [-0.2, -0.15) is 5.10 Å². The van der Waals surface area contributed by atoms with Gasteiger partial charge in [0.05, 0.1) is 22.9 Å². The molecule has 1 aliphatic heterocycles. The zero-order valence-electron chi connectivity index (χ0n) is 10.9. The van der Waals surface area contributed by atoms with Crippen molar-refractivity contribution in [3.63, 3.8) is 0 Å². The average molecular weight is 272 g/mol. The van der Waals surface area contributed by atoms with Gasteiger partial charge in [-0.3, -0.25) is 4.68 Å². The molecule has 1 fully saturated rings. The molecule has 0 spiro atoms. The van der Waals surface area contributed by atoms with Crippen LogP contribution >= 0.6 is 0 Å². The van der Waals surface area contributed by atoms with Gasteiger partial charge in [0.25, 0.3) is 0 Å². The van der Waals surface area contributed by atoms with Crippen molar-refractivity contribution in [1.82, 2.24) is 9.78 Å². The van der Waals surface area contributed by atoms with E-state index >= 15 is 0 Å². The van der Waals surface area contributed by atoms with E-state index in [9.17, 15) is 8.42 Å². The molecule has 18 heavy (non-hydrogen) atoms. The summed E-state index contributed by atoms with van der Waals surface area (Å²) >= 11 is 0. The highest BCUT2D eigenvalue weighted by Gasteiger charge is 2.24. The van der Waals surface area contributed by atoms with E-state index in [1.54, 1.807) is 4.68 Å². The van der Waals surface area contributed by atoms with Crippen LogP contribution in [0.5, 0.6) is 0 Å². The summed E-state index contributed by atoms with van der Waals surface area (Å²) in [5.41, 5.74) is 7.64. The number of aryl methyl sites for hydroxylation is 2. The zero-order chi connectivity index (χ0) is 13.3. The predicted molar refractivity (Wildman–Crippen MR) is 72.5 cm³/mol. The second-order valence-electron chi connectivity index (χ2n) is 4.65. The van der Waals surface area contributed by atoms with Crippen molar-refractivity contribution in [3.05, 3.63) is 5.69 Å². The second-order valence-corrected chi connectivity index (χ2v) is 6.96. The van der Waals surface area contributed by atoms with E-state index in [0.717, 1.165) is 17.9 Å². The first-order valence-corrected chi connectivity index (χ1v) is 8.03. The van der Waals surface area contributed by atoms with Crippen LogP contribution < -0.4 is 10.6 Å². The van der Waals surface area contributed by atoms with Crippen LogP contribution in [-0.2, 0) is 23.3 Å². The van der Waals surface area contributed by atoms with Gasteiger partial charge in [0.15, 0.2) is 9.84 Å². The maximum atomic E-state index is 11.6. The smallest absolute Gasteiger partial charge is 0.152 e. The molecule has 0 radical (unpaired) electrons. The summed E-state index contributed by atoms with van der Waals surface area (Å²) in [5, 5.41) is 4.37. The highest BCUT2D eigenvalue weighted by Crippen LogP contribution is 2.27. The van der Waals surface area contributed by atoms with Crippen LogP contribution in [0.15, 0.2) is 0 Å². The molecule has 7 heteroatoms. The monoisotopic (exact) mass is 272 g/mol. The summed E-state index contributed by atoms with van der Waals surface area (Å²) < 4.78 is 25.0. The molecule has 2 rings (SSSR count). The minimum atomic E-state index is -2.90. The number of nitrogens with two attached hydrogens (primary N) is 1. The molecule has 1 aliphatic rings. The number of hydrogen-bond acceptors (Lipinski definition) is 5. The van der Waals surface area contributed by atoms with Crippen LogP contribution in [0, 0.1) is 0 Å². The summed E-state index contributed by atoms with van der Waals surface area (Å²) in [6, 6.07) is 0. The van der Waals surface area contributed by atoms with Crippen LogP contribution in [-0.4, -0.2) is 42.8 Å². The van der Waals surface area contributed by atoms with E-state index in [4.69, 9.17) is 5.73 Å². The number of anilines is 2. The summed E-state index contributed by atoms with van der Waals surface area (Å²) in [4.78, 5) is 2.03.